The minimum absolute atomic E-state index is 0.0329. The fourth-order valence-electron chi connectivity index (χ4n) is 3.93. The van der Waals surface area contributed by atoms with Crippen molar-refractivity contribution >= 4 is 5.91 Å². The lowest BCUT2D eigenvalue weighted by atomic mass is 9.99. The molecule has 1 aromatic heterocycles. The van der Waals surface area contributed by atoms with E-state index >= 15 is 0 Å². The van der Waals surface area contributed by atoms with Gasteiger partial charge in [-0.1, -0.05) is 18.1 Å². The van der Waals surface area contributed by atoms with Gasteiger partial charge in [-0.25, -0.2) is 9.07 Å². The highest BCUT2D eigenvalue weighted by molar-refractivity contribution is 5.93. The summed E-state index contributed by atoms with van der Waals surface area (Å²) in [6.07, 6.45) is -1.36. The summed E-state index contributed by atoms with van der Waals surface area (Å²) in [5.41, 5.74) is -2.53. The molecule has 150 valence electrons. The Balaban J connectivity index is 1.69. The topological polar surface area (TPSA) is 60.2 Å². The maximum atomic E-state index is 13.8. The largest absolute Gasteiger partial charge is 0.435 e. The lowest BCUT2D eigenvalue weighted by Crippen LogP contribution is -2.52. The molecule has 1 spiro atoms. The van der Waals surface area contributed by atoms with Gasteiger partial charge in [-0.3, -0.25) is 4.79 Å². The van der Waals surface area contributed by atoms with Crippen molar-refractivity contribution in [1.82, 2.24) is 19.9 Å². The van der Waals surface area contributed by atoms with E-state index in [1.54, 1.807) is 0 Å². The third-order valence-electron chi connectivity index (χ3n) is 5.26. The first-order valence-electron chi connectivity index (χ1n) is 9.01. The third-order valence-corrected chi connectivity index (χ3v) is 5.26. The molecule has 1 saturated carbocycles. The molecule has 0 unspecified atom stereocenters. The van der Waals surface area contributed by atoms with Crippen LogP contribution in [-0.4, -0.2) is 51.1 Å². The molecule has 0 radical (unpaired) electrons. The summed E-state index contributed by atoms with van der Waals surface area (Å²) in [7, 11) is 0. The quantitative estimate of drug-likeness (QED) is 0.729. The molecule has 0 bridgehead atoms. The van der Waals surface area contributed by atoms with Gasteiger partial charge < -0.3 is 9.64 Å². The number of hydrogen-bond donors (Lipinski definition) is 0. The fraction of sp³-hybridized carbons (Fsp3) is 0.500. The molecule has 2 fully saturated rings. The molecule has 4 rings (SSSR count). The third kappa shape index (κ3) is 3.36. The van der Waals surface area contributed by atoms with Crippen molar-refractivity contribution in [3.05, 3.63) is 41.5 Å². The lowest BCUT2D eigenvalue weighted by molar-refractivity contribution is -0.143. The number of carbonyl (C=O) groups excluding carboxylic acids is 1. The van der Waals surface area contributed by atoms with Gasteiger partial charge in [0, 0.05) is 6.54 Å². The Kier molecular flexibility index (Phi) is 4.60. The number of rotatable bonds is 2. The van der Waals surface area contributed by atoms with E-state index in [2.05, 4.69) is 10.3 Å². The van der Waals surface area contributed by atoms with E-state index < -0.39 is 34.9 Å². The highest BCUT2D eigenvalue weighted by atomic mass is 19.4. The molecule has 0 atom stereocenters. The Morgan fingerprint density at radius 3 is 2.46 bits per heavy atom. The molecule has 6 nitrogen and oxygen atoms in total. The molecule has 1 amide bonds. The van der Waals surface area contributed by atoms with Gasteiger partial charge in [-0.2, -0.15) is 13.2 Å². The highest BCUT2D eigenvalue weighted by Crippen LogP contribution is 2.37. The van der Waals surface area contributed by atoms with E-state index in [0.29, 0.717) is 4.68 Å². The summed E-state index contributed by atoms with van der Waals surface area (Å²) in [6.45, 7) is 0.715. The van der Waals surface area contributed by atoms with Gasteiger partial charge in [0.2, 0.25) is 0 Å². The van der Waals surface area contributed by atoms with Crippen LogP contribution in [0.2, 0.25) is 0 Å². The van der Waals surface area contributed by atoms with Crippen molar-refractivity contribution < 1.29 is 27.1 Å². The van der Waals surface area contributed by atoms with Gasteiger partial charge in [0.1, 0.15) is 5.82 Å². The lowest BCUT2D eigenvalue weighted by Gasteiger charge is -2.40. The van der Waals surface area contributed by atoms with Gasteiger partial charge in [0.15, 0.2) is 11.4 Å². The van der Waals surface area contributed by atoms with Gasteiger partial charge in [0.05, 0.1) is 24.4 Å². The number of benzene rings is 1. The SMILES string of the molecule is O=C(c1nnn(-c2ccc(F)cc2)c1C(F)(F)F)N1CCOC2(CCCC2)C1. The average molecular weight is 398 g/mol. The van der Waals surface area contributed by atoms with Crippen molar-refractivity contribution in [3.8, 4) is 5.69 Å². The number of morpholine rings is 1. The van der Waals surface area contributed by atoms with Crippen LogP contribution in [0.4, 0.5) is 17.6 Å². The zero-order valence-corrected chi connectivity index (χ0v) is 14.9. The zero-order chi connectivity index (χ0) is 19.9. The van der Waals surface area contributed by atoms with E-state index in [1.165, 1.54) is 4.90 Å². The molecule has 1 saturated heterocycles. The average Bonchev–Trinajstić information content (AvgIpc) is 3.29. The Labute approximate surface area is 158 Å². The molecule has 1 aliphatic heterocycles. The molecular formula is C18H18F4N4O2. The summed E-state index contributed by atoms with van der Waals surface area (Å²) >= 11 is 0. The van der Waals surface area contributed by atoms with Gasteiger partial charge in [0.25, 0.3) is 5.91 Å². The second kappa shape index (κ2) is 6.84. The van der Waals surface area contributed by atoms with Crippen LogP contribution in [0.1, 0.15) is 41.9 Å². The van der Waals surface area contributed by atoms with Crippen molar-refractivity contribution in [2.75, 3.05) is 19.7 Å². The second-order valence-corrected chi connectivity index (χ2v) is 7.14. The molecule has 0 N–H and O–H groups in total. The molecule has 2 aliphatic rings. The number of aromatic nitrogens is 3. The van der Waals surface area contributed by atoms with Crippen LogP contribution in [0, 0.1) is 5.82 Å². The number of amides is 1. The number of nitrogens with zero attached hydrogens (tertiary/aromatic N) is 4. The summed E-state index contributed by atoms with van der Waals surface area (Å²) in [6, 6.07) is 4.33. The summed E-state index contributed by atoms with van der Waals surface area (Å²) < 4.78 is 60.8. The fourth-order valence-corrected chi connectivity index (χ4v) is 3.93. The normalized spacial score (nSPS) is 19.4. The monoisotopic (exact) mass is 398 g/mol. The van der Waals surface area contributed by atoms with Crippen LogP contribution in [0.5, 0.6) is 0 Å². The molecule has 1 aromatic carbocycles. The minimum atomic E-state index is -4.86. The van der Waals surface area contributed by atoms with Crippen LogP contribution < -0.4 is 0 Å². The maximum absolute atomic E-state index is 13.8. The first kappa shape index (κ1) is 18.9. The van der Waals surface area contributed by atoms with Crippen LogP contribution in [0.15, 0.2) is 24.3 Å². The first-order chi connectivity index (χ1) is 13.3. The van der Waals surface area contributed by atoms with E-state index in [0.717, 1.165) is 49.9 Å². The number of alkyl halides is 3. The molecular weight excluding hydrogens is 380 g/mol. The van der Waals surface area contributed by atoms with E-state index in [9.17, 15) is 22.4 Å². The second-order valence-electron chi connectivity index (χ2n) is 7.14. The number of ether oxygens (including phenoxy) is 1. The maximum Gasteiger partial charge on any atom is 0.435 e. The predicted molar refractivity (Wildman–Crippen MR) is 89.4 cm³/mol. The Morgan fingerprint density at radius 2 is 1.82 bits per heavy atom. The summed E-state index contributed by atoms with van der Waals surface area (Å²) in [4.78, 5) is 14.3. The van der Waals surface area contributed by atoms with Crippen LogP contribution in [0.3, 0.4) is 0 Å². The van der Waals surface area contributed by atoms with Crippen LogP contribution in [0.25, 0.3) is 5.69 Å². The molecule has 2 heterocycles. The minimum Gasteiger partial charge on any atom is -0.371 e. The van der Waals surface area contributed by atoms with E-state index in [1.807, 2.05) is 0 Å². The van der Waals surface area contributed by atoms with Crippen molar-refractivity contribution in [1.29, 1.82) is 0 Å². The number of carbonyl (C=O) groups is 1. The van der Waals surface area contributed by atoms with E-state index in [-0.39, 0.29) is 25.4 Å². The van der Waals surface area contributed by atoms with Gasteiger partial charge >= 0.3 is 6.18 Å². The smallest absolute Gasteiger partial charge is 0.371 e. The van der Waals surface area contributed by atoms with Crippen LogP contribution in [-0.2, 0) is 10.9 Å². The molecule has 2 aromatic rings. The standard InChI is InChI=1S/C18H18F4N4O2/c19-12-3-5-13(6-4-12)26-15(18(20,21)22)14(23-24-26)16(27)25-9-10-28-17(11-25)7-1-2-8-17/h3-6H,1-2,7-11H2. The first-order valence-corrected chi connectivity index (χ1v) is 9.01. The summed E-state index contributed by atoms with van der Waals surface area (Å²) in [5, 5.41) is 7.07. The number of hydrogen-bond acceptors (Lipinski definition) is 4. The zero-order valence-electron chi connectivity index (χ0n) is 14.9. The Bertz CT molecular complexity index is 873. The van der Waals surface area contributed by atoms with Crippen molar-refractivity contribution in [2.24, 2.45) is 0 Å². The molecule has 28 heavy (non-hydrogen) atoms. The Morgan fingerprint density at radius 1 is 1.14 bits per heavy atom. The van der Waals surface area contributed by atoms with Crippen LogP contribution >= 0.6 is 0 Å². The van der Waals surface area contributed by atoms with E-state index in [4.69, 9.17) is 4.74 Å². The summed E-state index contributed by atoms with van der Waals surface area (Å²) in [5.74, 6) is -1.42. The highest BCUT2D eigenvalue weighted by Gasteiger charge is 2.45. The van der Waals surface area contributed by atoms with Crippen molar-refractivity contribution in [2.45, 2.75) is 37.5 Å². The Hall–Kier alpha value is -2.49. The predicted octanol–water partition coefficient (Wildman–Crippen LogP) is 3.21. The van der Waals surface area contributed by atoms with Gasteiger partial charge in [-0.05, 0) is 37.1 Å². The number of halogens is 4. The molecule has 1 aliphatic carbocycles. The van der Waals surface area contributed by atoms with Gasteiger partial charge in [-0.15, -0.1) is 5.10 Å². The molecule has 10 heteroatoms. The van der Waals surface area contributed by atoms with Crippen molar-refractivity contribution in [3.63, 3.8) is 0 Å².